The molecule has 0 aliphatic carbocycles. The molecule has 1 heterocycles. The number of nitro benzene ring substituents is 1. The molecule has 1 unspecified atom stereocenters. The number of hydrogen-bond acceptors (Lipinski definition) is 6. The van der Waals surface area contributed by atoms with E-state index in [9.17, 15) is 19.7 Å². The van der Waals surface area contributed by atoms with Gasteiger partial charge in [-0.05, 0) is 25.6 Å². The van der Waals surface area contributed by atoms with Crippen LogP contribution in [0.3, 0.4) is 0 Å². The summed E-state index contributed by atoms with van der Waals surface area (Å²) >= 11 is 0. The van der Waals surface area contributed by atoms with Gasteiger partial charge < -0.3 is 15.5 Å². The molecule has 0 aromatic heterocycles. The van der Waals surface area contributed by atoms with Gasteiger partial charge in [0.05, 0.1) is 11.0 Å². The highest BCUT2D eigenvalue weighted by Crippen LogP contribution is 2.22. The van der Waals surface area contributed by atoms with Crippen molar-refractivity contribution in [1.29, 1.82) is 0 Å². The number of carbonyl (C=O) groups is 2. The molecule has 0 bridgehead atoms. The largest absolute Gasteiger partial charge is 0.346 e. The molecule has 0 saturated carbocycles. The minimum atomic E-state index is -0.860. The molecular formula is C22H27N5O4. The first kappa shape index (κ1) is 22.4. The Morgan fingerprint density at radius 2 is 1.74 bits per heavy atom. The molecule has 0 spiro atoms. The van der Waals surface area contributed by atoms with E-state index in [1.807, 2.05) is 31.2 Å². The minimum absolute atomic E-state index is 0.0520. The summed E-state index contributed by atoms with van der Waals surface area (Å²) in [7, 11) is 2.08. The minimum Gasteiger partial charge on any atom is -0.346 e. The highest BCUT2D eigenvalue weighted by molar-refractivity contribution is 6.39. The number of nitrogens with one attached hydrogen (secondary N) is 2. The molecule has 3 rings (SSSR count). The maximum atomic E-state index is 12.4. The first-order valence-corrected chi connectivity index (χ1v) is 10.2. The number of likely N-dealkylation sites (N-methyl/N-ethyl adjacent to an activating group) is 1. The van der Waals surface area contributed by atoms with Gasteiger partial charge in [-0.3, -0.25) is 24.6 Å². The lowest BCUT2D eigenvalue weighted by Gasteiger charge is -2.38. The molecule has 2 aromatic carbocycles. The molecule has 164 valence electrons. The maximum absolute atomic E-state index is 12.4. The van der Waals surface area contributed by atoms with Crippen LogP contribution in [0.4, 0.5) is 11.4 Å². The van der Waals surface area contributed by atoms with Gasteiger partial charge in [-0.2, -0.15) is 0 Å². The third-order valence-corrected chi connectivity index (χ3v) is 5.42. The zero-order valence-electron chi connectivity index (χ0n) is 17.7. The number of aryl methyl sites for hydroxylation is 1. The van der Waals surface area contributed by atoms with Crippen molar-refractivity contribution in [3.63, 3.8) is 0 Å². The number of benzene rings is 2. The van der Waals surface area contributed by atoms with Crippen LogP contribution in [0.15, 0.2) is 48.5 Å². The quantitative estimate of drug-likeness (QED) is 0.416. The fourth-order valence-corrected chi connectivity index (χ4v) is 3.53. The normalized spacial score (nSPS) is 15.8. The lowest BCUT2D eigenvalue weighted by Crippen LogP contribution is -2.49. The average molecular weight is 425 g/mol. The Morgan fingerprint density at radius 1 is 1.06 bits per heavy atom. The first-order chi connectivity index (χ1) is 14.8. The Morgan fingerprint density at radius 3 is 2.39 bits per heavy atom. The zero-order chi connectivity index (χ0) is 22.4. The lowest BCUT2D eigenvalue weighted by atomic mass is 10.0. The van der Waals surface area contributed by atoms with Gasteiger partial charge >= 0.3 is 11.8 Å². The number of nitrogens with zero attached hydrogens (tertiary/aromatic N) is 3. The van der Waals surface area contributed by atoms with E-state index in [-0.39, 0.29) is 24.0 Å². The standard InChI is InChI=1S/C22H27N5O4/c1-16-6-8-17(9-7-16)20(26-12-10-25(2)11-13-26)15-23-21(28)22(29)24-18-4-3-5-19(14-18)27(30)31/h3-9,14,20H,10-13,15H2,1-2H3,(H,23,28)(H,24,29). The summed E-state index contributed by atoms with van der Waals surface area (Å²) in [5.74, 6) is -1.64. The Balaban J connectivity index is 1.65. The van der Waals surface area contributed by atoms with E-state index in [1.165, 1.54) is 24.3 Å². The zero-order valence-corrected chi connectivity index (χ0v) is 17.7. The van der Waals surface area contributed by atoms with E-state index in [0.29, 0.717) is 0 Å². The molecule has 1 fully saturated rings. The van der Waals surface area contributed by atoms with Crippen molar-refractivity contribution >= 4 is 23.2 Å². The summed E-state index contributed by atoms with van der Waals surface area (Å²) in [6, 6.07) is 13.6. The third kappa shape index (κ3) is 6.09. The maximum Gasteiger partial charge on any atom is 0.313 e. The average Bonchev–Trinajstić information content (AvgIpc) is 2.76. The number of non-ortho nitro benzene ring substituents is 1. The molecule has 2 aromatic rings. The lowest BCUT2D eigenvalue weighted by molar-refractivity contribution is -0.384. The van der Waals surface area contributed by atoms with Crippen molar-refractivity contribution in [3.05, 3.63) is 69.8 Å². The van der Waals surface area contributed by atoms with Crippen LogP contribution in [0.2, 0.25) is 0 Å². The summed E-state index contributed by atoms with van der Waals surface area (Å²) in [6.45, 7) is 5.91. The number of rotatable bonds is 6. The van der Waals surface area contributed by atoms with Crippen LogP contribution in [0.5, 0.6) is 0 Å². The van der Waals surface area contributed by atoms with E-state index in [0.717, 1.165) is 37.3 Å². The Bertz CT molecular complexity index is 939. The van der Waals surface area contributed by atoms with Gasteiger partial charge in [-0.15, -0.1) is 0 Å². The predicted octanol–water partition coefficient (Wildman–Crippen LogP) is 1.95. The molecule has 9 nitrogen and oxygen atoms in total. The van der Waals surface area contributed by atoms with Crippen LogP contribution in [-0.2, 0) is 9.59 Å². The third-order valence-electron chi connectivity index (χ3n) is 5.42. The van der Waals surface area contributed by atoms with Crippen molar-refractivity contribution in [2.24, 2.45) is 0 Å². The van der Waals surface area contributed by atoms with Crippen molar-refractivity contribution in [3.8, 4) is 0 Å². The summed E-state index contributed by atoms with van der Waals surface area (Å²) in [5.41, 5.74) is 2.27. The van der Waals surface area contributed by atoms with E-state index < -0.39 is 16.7 Å². The number of hydrogen-bond donors (Lipinski definition) is 2. The second kappa shape index (κ2) is 10.1. The Labute approximate surface area is 181 Å². The van der Waals surface area contributed by atoms with Crippen LogP contribution in [0, 0.1) is 17.0 Å². The number of anilines is 1. The van der Waals surface area contributed by atoms with Crippen molar-refractivity contribution in [1.82, 2.24) is 15.1 Å². The fraction of sp³-hybridized carbons (Fsp3) is 0.364. The van der Waals surface area contributed by atoms with Crippen LogP contribution in [0.1, 0.15) is 17.2 Å². The predicted molar refractivity (Wildman–Crippen MR) is 118 cm³/mol. The summed E-state index contributed by atoms with van der Waals surface area (Å²) in [5, 5.41) is 16.0. The van der Waals surface area contributed by atoms with Crippen LogP contribution < -0.4 is 10.6 Å². The first-order valence-electron chi connectivity index (χ1n) is 10.2. The number of amides is 2. The van der Waals surface area contributed by atoms with Crippen molar-refractivity contribution in [2.45, 2.75) is 13.0 Å². The van der Waals surface area contributed by atoms with Gasteiger partial charge in [0.1, 0.15) is 0 Å². The summed E-state index contributed by atoms with van der Waals surface area (Å²) in [4.78, 5) is 39.6. The van der Waals surface area contributed by atoms with Gasteiger partial charge in [0.2, 0.25) is 0 Å². The molecule has 1 saturated heterocycles. The number of carbonyl (C=O) groups excluding carboxylic acids is 2. The topological polar surface area (TPSA) is 108 Å². The molecule has 1 atom stereocenters. The van der Waals surface area contributed by atoms with Gasteiger partial charge in [-0.25, -0.2) is 0 Å². The van der Waals surface area contributed by atoms with Gasteiger partial charge in [0.15, 0.2) is 0 Å². The second-order valence-electron chi connectivity index (χ2n) is 7.74. The Hall–Kier alpha value is -3.30. The van der Waals surface area contributed by atoms with E-state index in [2.05, 4.69) is 27.5 Å². The molecule has 1 aliphatic rings. The second-order valence-corrected chi connectivity index (χ2v) is 7.74. The Kier molecular flexibility index (Phi) is 7.32. The molecule has 31 heavy (non-hydrogen) atoms. The van der Waals surface area contributed by atoms with Crippen molar-refractivity contribution in [2.75, 3.05) is 45.1 Å². The molecule has 2 N–H and O–H groups in total. The van der Waals surface area contributed by atoms with Crippen LogP contribution in [0.25, 0.3) is 0 Å². The molecule has 0 radical (unpaired) electrons. The van der Waals surface area contributed by atoms with Gasteiger partial charge in [0.25, 0.3) is 5.69 Å². The van der Waals surface area contributed by atoms with Crippen LogP contribution in [-0.4, -0.2) is 66.3 Å². The smallest absolute Gasteiger partial charge is 0.313 e. The van der Waals surface area contributed by atoms with Crippen molar-refractivity contribution < 1.29 is 14.5 Å². The molecule has 2 amide bonds. The molecule has 9 heteroatoms. The number of nitro groups is 1. The number of piperazine rings is 1. The molecular weight excluding hydrogens is 398 g/mol. The van der Waals surface area contributed by atoms with Gasteiger partial charge in [-0.1, -0.05) is 35.9 Å². The van der Waals surface area contributed by atoms with Gasteiger partial charge in [0, 0.05) is 50.5 Å². The summed E-state index contributed by atoms with van der Waals surface area (Å²) in [6.07, 6.45) is 0. The SMILES string of the molecule is Cc1ccc(C(CNC(=O)C(=O)Nc2cccc([N+](=O)[O-])c2)N2CCN(C)CC2)cc1. The summed E-state index contributed by atoms with van der Waals surface area (Å²) < 4.78 is 0. The van der Waals surface area contributed by atoms with E-state index >= 15 is 0 Å². The highest BCUT2D eigenvalue weighted by atomic mass is 16.6. The van der Waals surface area contributed by atoms with E-state index in [1.54, 1.807) is 0 Å². The molecule has 1 aliphatic heterocycles. The monoisotopic (exact) mass is 425 g/mol. The highest BCUT2D eigenvalue weighted by Gasteiger charge is 2.25. The van der Waals surface area contributed by atoms with Crippen LogP contribution >= 0.6 is 0 Å². The fourth-order valence-electron chi connectivity index (χ4n) is 3.53. The van der Waals surface area contributed by atoms with E-state index in [4.69, 9.17) is 0 Å².